The lowest BCUT2D eigenvalue weighted by molar-refractivity contribution is -0.121. The van der Waals surface area contributed by atoms with Crippen LogP contribution in [0.5, 0.6) is 0 Å². The number of benzene rings is 2. The van der Waals surface area contributed by atoms with E-state index >= 15 is 0 Å². The molecule has 0 bridgehead atoms. The monoisotopic (exact) mass is 280 g/mol. The summed E-state index contributed by atoms with van der Waals surface area (Å²) in [6.07, 6.45) is 0.470. The maximum atomic E-state index is 12.1. The molecule has 3 unspecified atom stereocenters. The summed E-state index contributed by atoms with van der Waals surface area (Å²) in [5.74, 6) is 0.0993. The Balaban J connectivity index is 1.91. The van der Waals surface area contributed by atoms with Crippen molar-refractivity contribution in [1.82, 2.24) is 10.6 Å². The molecule has 2 N–H and O–H groups in total. The Morgan fingerprint density at radius 3 is 2.10 bits per heavy atom. The molecule has 2 aromatic carbocycles. The van der Waals surface area contributed by atoms with Crippen LogP contribution in [0.2, 0.25) is 0 Å². The highest BCUT2D eigenvalue weighted by Crippen LogP contribution is 2.27. The zero-order chi connectivity index (χ0) is 14.7. The molecule has 1 saturated heterocycles. The van der Waals surface area contributed by atoms with E-state index in [1.165, 1.54) is 5.56 Å². The van der Waals surface area contributed by atoms with Crippen molar-refractivity contribution >= 4 is 5.91 Å². The van der Waals surface area contributed by atoms with Crippen LogP contribution in [0.15, 0.2) is 60.7 Å². The Kier molecular flexibility index (Phi) is 4.02. The van der Waals surface area contributed by atoms with Gasteiger partial charge in [-0.05, 0) is 18.1 Å². The number of amides is 1. The van der Waals surface area contributed by atoms with Crippen LogP contribution in [0, 0.1) is 0 Å². The fourth-order valence-electron chi connectivity index (χ4n) is 2.95. The van der Waals surface area contributed by atoms with Gasteiger partial charge in [0.15, 0.2) is 0 Å². The standard InChI is InChI=1S/C18H20N2O/c1-13-18(15-10-6-3-7-11-15)20-16(12-17(21)19-13)14-8-4-2-5-9-14/h2-11,13,16,18,20H,12H2,1H3,(H,19,21). The third-order valence-electron chi connectivity index (χ3n) is 4.02. The molecule has 3 rings (SSSR count). The van der Waals surface area contributed by atoms with Gasteiger partial charge in [-0.25, -0.2) is 0 Å². The molecule has 0 spiro atoms. The van der Waals surface area contributed by atoms with Gasteiger partial charge in [0.25, 0.3) is 0 Å². The van der Waals surface area contributed by atoms with Crippen molar-refractivity contribution in [1.29, 1.82) is 0 Å². The average molecular weight is 280 g/mol. The number of rotatable bonds is 2. The Morgan fingerprint density at radius 1 is 0.905 bits per heavy atom. The Labute approximate surface area is 125 Å². The van der Waals surface area contributed by atoms with Gasteiger partial charge in [0.2, 0.25) is 5.91 Å². The zero-order valence-electron chi connectivity index (χ0n) is 12.1. The number of hydrogen-bond donors (Lipinski definition) is 2. The minimum absolute atomic E-state index is 0.0429. The number of carbonyl (C=O) groups excluding carboxylic acids is 1. The van der Waals surface area contributed by atoms with Crippen LogP contribution in [0.3, 0.4) is 0 Å². The van der Waals surface area contributed by atoms with Crippen LogP contribution >= 0.6 is 0 Å². The molecule has 1 amide bonds. The Hall–Kier alpha value is -2.13. The van der Waals surface area contributed by atoms with E-state index < -0.39 is 0 Å². The van der Waals surface area contributed by atoms with Crippen LogP contribution in [0.25, 0.3) is 0 Å². The van der Waals surface area contributed by atoms with Gasteiger partial charge in [-0.1, -0.05) is 60.7 Å². The smallest absolute Gasteiger partial charge is 0.222 e. The van der Waals surface area contributed by atoms with Crippen molar-refractivity contribution in [2.24, 2.45) is 0 Å². The second kappa shape index (κ2) is 6.10. The maximum absolute atomic E-state index is 12.1. The first-order valence-corrected chi connectivity index (χ1v) is 7.39. The predicted molar refractivity (Wildman–Crippen MR) is 83.7 cm³/mol. The Bertz CT molecular complexity index is 597. The van der Waals surface area contributed by atoms with Gasteiger partial charge in [0.05, 0.1) is 6.04 Å². The average Bonchev–Trinajstić information content (AvgIpc) is 2.67. The molecular formula is C18H20N2O. The number of hydrogen-bond acceptors (Lipinski definition) is 2. The van der Waals surface area contributed by atoms with E-state index in [0.29, 0.717) is 6.42 Å². The van der Waals surface area contributed by atoms with Gasteiger partial charge in [-0.3, -0.25) is 4.79 Å². The van der Waals surface area contributed by atoms with Crippen molar-refractivity contribution < 1.29 is 4.79 Å². The SMILES string of the molecule is CC1NC(=O)CC(c2ccccc2)NC1c1ccccc1. The van der Waals surface area contributed by atoms with Crippen molar-refractivity contribution in [2.75, 3.05) is 0 Å². The minimum atomic E-state index is 0.0429. The molecule has 1 aliphatic heterocycles. The molecule has 3 atom stereocenters. The summed E-state index contributed by atoms with van der Waals surface area (Å²) in [7, 11) is 0. The molecule has 3 heteroatoms. The fourth-order valence-corrected chi connectivity index (χ4v) is 2.95. The van der Waals surface area contributed by atoms with E-state index in [1.807, 2.05) is 36.4 Å². The first kappa shape index (κ1) is 13.8. The van der Waals surface area contributed by atoms with Gasteiger partial charge < -0.3 is 10.6 Å². The molecule has 0 saturated carbocycles. The summed E-state index contributed by atoms with van der Waals surface area (Å²) in [6, 6.07) is 20.7. The molecule has 108 valence electrons. The first-order chi connectivity index (χ1) is 10.2. The summed E-state index contributed by atoms with van der Waals surface area (Å²) in [6.45, 7) is 2.05. The Morgan fingerprint density at radius 2 is 1.48 bits per heavy atom. The van der Waals surface area contributed by atoms with E-state index in [1.54, 1.807) is 0 Å². The van der Waals surface area contributed by atoms with Crippen LogP contribution in [0.4, 0.5) is 0 Å². The minimum Gasteiger partial charge on any atom is -0.352 e. The van der Waals surface area contributed by atoms with Gasteiger partial charge in [-0.2, -0.15) is 0 Å². The molecule has 1 fully saturated rings. The normalized spacial score (nSPS) is 26.0. The summed E-state index contributed by atoms with van der Waals surface area (Å²) < 4.78 is 0. The summed E-state index contributed by atoms with van der Waals surface area (Å²) in [5, 5.41) is 6.73. The van der Waals surface area contributed by atoms with Crippen molar-refractivity contribution in [3.63, 3.8) is 0 Å². The van der Waals surface area contributed by atoms with Crippen LogP contribution in [0.1, 0.15) is 36.6 Å². The first-order valence-electron chi connectivity index (χ1n) is 7.39. The lowest BCUT2D eigenvalue weighted by atomic mass is 9.98. The number of nitrogens with one attached hydrogen (secondary N) is 2. The van der Waals surface area contributed by atoms with Crippen molar-refractivity contribution in [3.8, 4) is 0 Å². The second-order valence-corrected chi connectivity index (χ2v) is 5.58. The van der Waals surface area contributed by atoms with E-state index in [9.17, 15) is 4.79 Å². The second-order valence-electron chi connectivity index (χ2n) is 5.58. The van der Waals surface area contributed by atoms with Crippen molar-refractivity contribution in [3.05, 3.63) is 71.8 Å². The lowest BCUT2D eigenvalue weighted by Gasteiger charge is -2.26. The number of carbonyl (C=O) groups is 1. The van der Waals surface area contributed by atoms with Gasteiger partial charge in [-0.15, -0.1) is 0 Å². The molecule has 0 aliphatic carbocycles. The highest BCUT2D eigenvalue weighted by molar-refractivity contribution is 5.77. The van der Waals surface area contributed by atoms with E-state index in [-0.39, 0.29) is 24.0 Å². The highest BCUT2D eigenvalue weighted by Gasteiger charge is 2.29. The largest absolute Gasteiger partial charge is 0.352 e. The van der Waals surface area contributed by atoms with Crippen LogP contribution in [-0.4, -0.2) is 11.9 Å². The molecule has 0 aromatic heterocycles. The quantitative estimate of drug-likeness (QED) is 0.888. The van der Waals surface area contributed by atoms with Crippen LogP contribution in [-0.2, 0) is 4.79 Å². The van der Waals surface area contributed by atoms with Crippen LogP contribution < -0.4 is 10.6 Å². The van der Waals surface area contributed by atoms with E-state index in [4.69, 9.17) is 0 Å². The van der Waals surface area contributed by atoms with Gasteiger partial charge >= 0.3 is 0 Å². The lowest BCUT2D eigenvalue weighted by Crippen LogP contribution is -2.38. The summed E-state index contributed by atoms with van der Waals surface area (Å²) >= 11 is 0. The van der Waals surface area contributed by atoms with Crippen molar-refractivity contribution in [2.45, 2.75) is 31.5 Å². The molecule has 1 heterocycles. The van der Waals surface area contributed by atoms with Gasteiger partial charge in [0, 0.05) is 18.5 Å². The molecule has 0 radical (unpaired) electrons. The molecule has 1 aliphatic rings. The third-order valence-corrected chi connectivity index (χ3v) is 4.02. The van der Waals surface area contributed by atoms with E-state index in [2.05, 4.69) is 41.8 Å². The zero-order valence-corrected chi connectivity index (χ0v) is 12.1. The molecule has 21 heavy (non-hydrogen) atoms. The summed E-state index contributed by atoms with van der Waals surface area (Å²) in [4.78, 5) is 12.1. The third kappa shape index (κ3) is 3.14. The highest BCUT2D eigenvalue weighted by atomic mass is 16.1. The van der Waals surface area contributed by atoms with Gasteiger partial charge in [0.1, 0.15) is 0 Å². The van der Waals surface area contributed by atoms with E-state index in [0.717, 1.165) is 5.56 Å². The topological polar surface area (TPSA) is 41.1 Å². The fraction of sp³-hybridized carbons (Fsp3) is 0.278. The summed E-state index contributed by atoms with van der Waals surface area (Å²) in [5.41, 5.74) is 2.36. The predicted octanol–water partition coefficient (Wildman–Crippen LogP) is 2.97. The maximum Gasteiger partial charge on any atom is 0.222 e. The molecular weight excluding hydrogens is 260 g/mol. The molecule has 2 aromatic rings. The molecule has 3 nitrogen and oxygen atoms in total.